The molecule has 0 aliphatic carbocycles. The van der Waals surface area contributed by atoms with Crippen molar-refractivity contribution in [3.63, 3.8) is 0 Å². The topological polar surface area (TPSA) is 54.7 Å². The molecule has 3 N–H and O–H groups in total. The first-order chi connectivity index (χ1) is 6.50. The third kappa shape index (κ3) is 2.06. The lowest BCUT2D eigenvalue weighted by Crippen LogP contribution is -2.12. The third-order valence-corrected chi connectivity index (χ3v) is 1.97. The molecule has 14 heavy (non-hydrogen) atoms. The van der Waals surface area contributed by atoms with Crippen molar-refractivity contribution < 1.29 is 13.2 Å². The number of alkyl halides is 3. The van der Waals surface area contributed by atoms with Gasteiger partial charge in [-0.3, -0.25) is 5.10 Å². The Morgan fingerprint density at radius 2 is 2.07 bits per heavy atom. The molecule has 0 atom stereocenters. The minimum atomic E-state index is -4.39. The van der Waals surface area contributed by atoms with Crippen LogP contribution >= 0.6 is 0 Å². The summed E-state index contributed by atoms with van der Waals surface area (Å²) >= 11 is 0. The second-order valence-corrected chi connectivity index (χ2v) is 2.92. The lowest BCUT2D eigenvalue weighted by atomic mass is 10.1. The monoisotopic (exact) mass is 207 g/mol. The van der Waals surface area contributed by atoms with Crippen molar-refractivity contribution in [2.45, 2.75) is 25.9 Å². The van der Waals surface area contributed by atoms with E-state index in [0.29, 0.717) is 12.1 Å². The Morgan fingerprint density at radius 3 is 2.50 bits per heavy atom. The van der Waals surface area contributed by atoms with E-state index < -0.39 is 11.9 Å². The van der Waals surface area contributed by atoms with E-state index in [1.807, 2.05) is 0 Å². The molecule has 0 aliphatic heterocycles. The largest absolute Gasteiger partial charge is 0.435 e. The van der Waals surface area contributed by atoms with Crippen LogP contribution in [-0.2, 0) is 19.0 Å². The summed E-state index contributed by atoms with van der Waals surface area (Å²) in [5.74, 6) is 0. The van der Waals surface area contributed by atoms with Crippen LogP contribution in [0.25, 0.3) is 0 Å². The van der Waals surface area contributed by atoms with Crippen LogP contribution in [0.15, 0.2) is 0 Å². The van der Waals surface area contributed by atoms with E-state index in [0.717, 1.165) is 0 Å². The van der Waals surface area contributed by atoms with E-state index in [-0.39, 0.29) is 18.5 Å². The van der Waals surface area contributed by atoms with Crippen molar-refractivity contribution >= 4 is 0 Å². The van der Waals surface area contributed by atoms with E-state index in [1.54, 1.807) is 6.92 Å². The van der Waals surface area contributed by atoms with Crippen molar-refractivity contribution in [1.82, 2.24) is 10.2 Å². The summed E-state index contributed by atoms with van der Waals surface area (Å²) in [4.78, 5) is 0. The minimum absolute atomic E-state index is 0.190. The Hall–Kier alpha value is -1.04. The van der Waals surface area contributed by atoms with Crippen LogP contribution < -0.4 is 5.73 Å². The van der Waals surface area contributed by atoms with Crippen molar-refractivity contribution in [2.75, 3.05) is 6.54 Å². The van der Waals surface area contributed by atoms with Gasteiger partial charge in [0.2, 0.25) is 0 Å². The number of H-pyrrole nitrogens is 1. The maximum absolute atomic E-state index is 12.4. The predicted molar refractivity (Wildman–Crippen MR) is 45.7 cm³/mol. The Morgan fingerprint density at radius 1 is 1.43 bits per heavy atom. The summed E-state index contributed by atoms with van der Waals surface area (Å²) in [7, 11) is 0. The van der Waals surface area contributed by atoms with Gasteiger partial charge in [-0.15, -0.1) is 0 Å². The zero-order chi connectivity index (χ0) is 10.8. The van der Waals surface area contributed by atoms with Crippen LogP contribution in [0.3, 0.4) is 0 Å². The number of aryl methyl sites for hydroxylation is 1. The number of rotatable bonds is 3. The molecule has 1 heterocycles. The van der Waals surface area contributed by atoms with Gasteiger partial charge < -0.3 is 5.73 Å². The molecule has 0 unspecified atom stereocenters. The van der Waals surface area contributed by atoms with Crippen LogP contribution in [-0.4, -0.2) is 16.7 Å². The van der Waals surface area contributed by atoms with E-state index in [4.69, 9.17) is 5.73 Å². The van der Waals surface area contributed by atoms with Crippen LogP contribution in [0.4, 0.5) is 13.2 Å². The van der Waals surface area contributed by atoms with Gasteiger partial charge >= 0.3 is 6.18 Å². The fraction of sp³-hybridized carbons (Fsp3) is 0.625. The molecule has 0 aromatic carbocycles. The molecule has 0 fully saturated rings. The average Bonchev–Trinajstić information content (AvgIpc) is 2.47. The summed E-state index contributed by atoms with van der Waals surface area (Å²) < 4.78 is 37.2. The highest BCUT2D eigenvalue weighted by Gasteiger charge is 2.37. The molecule has 80 valence electrons. The van der Waals surface area contributed by atoms with Crippen LogP contribution in [0.5, 0.6) is 0 Å². The Balaban J connectivity index is 3.10. The molecule has 0 amide bonds. The van der Waals surface area contributed by atoms with Crippen molar-refractivity contribution in [3.8, 4) is 0 Å². The number of aromatic amines is 1. The van der Waals surface area contributed by atoms with E-state index in [9.17, 15) is 13.2 Å². The lowest BCUT2D eigenvalue weighted by Gasteiger charge is -2.06. The first-order valence-electron chi connectivity index (χ1n) is 4.34. The first-order valence-corrected chi connectivity index (χ1v) is 4.34. The highest BCUT2D eigenvalue weighted by Crippen LogP contribution is 2.31. The lowest BCUT2D eigenvalue weighted by molar-refractivity contribution is -0.141. The molecule has 0 bridgehead atoms. The molecule has 3 nitrogen and oxygen atoms in total. The molecule has 6 heteroatoms. The molecule has 0 aliphatic rings. The fourth-order valence-corrected chi connectivity index (χ4v) is 1.34. The molecule has 0 saturated heterocycles. The summed E-state index contributed by atoms with van der Waals surface area (Å²) in [5, 5.41) is 5.66. The summed E-state index contributed by atoms with van der Waals surface area (Å²) in [5.41, 5.74) is 5.13. The van der Waals surface area contributed by atoms with Gasteiger partial charge in [-0.2, -0.15) is 18.3 Å². The Kier molecular flexibility index (Phi) is 3.15. The molecular formula is C8H12F3N3. The van der Waals surface area contributed by atoms with Crippen molar-refractivity contribution in [3.05, 3.63) is 17.0 Å². The van der Waals surface area contributed by atoms with Crippen LogP contribution in [0.2, 0.25) is 0 Å². The van der Waals surface area contributed by atoms with Gasteiger partial charge in [0.15, 0.2) is 5.69 Å². The van der Waals surface area contributed by atoms with Gasteiger partial charge in [-0.05, 0) is 19.4 Å². The zero-order valence-electron chi connectivity index (χ0n) is 7.78. The highest BCUT2D eigenvalue weighted by molar-refractivity contribution is 5.27. The number of nitrogens with zero attached hydrogens (tertiary/aromatic N) is 1. The summed E-state index contributed by atoms with van der Waals surface area (Å²) in [6, 6.07) is 0. The highest BCUT2D eigenvalue weighted by atomic mass is 19.4. The zero-order valence-corrected chi connectivity index (χ0v) is 7.78. The van der Waals surface area contributed by atoms with Crippen LogP contribution in [0, 0.1) is 0 Å². The number of nitrogens with two attached hydrogens (primary N) is 1. The van der Waals surface area contributed by atoms with Gasteiger partial charge in [0.1, 0.15) is 0 Å². The number of hydrogen-bond acceptors (Lipinski definition) is 2. The number of halogens is 3. The van der Waals surface area contributed by atoms with E-state index >= 15 is 0 Å². The van der Waals surface area contributed by atoms with E-state index in [1.165, 1.54) is 0 Å². The average molecular weight is 207 g/mol. The maximum atomic E-state index is 12.4. The van der Waals surface area contributed by atoms with Gasteiger partial charge in [0.25, 0.3) is 0 Å². The normalized spacial score (nSPS) is 12.1. The predicted octanol–water partition coefficient (Wildman–Crippen LogP) is 1.49. The van der Waals surface area contributed by atoms with Gasteiger partial charge in [0, 0.05) is 11.3 Å². The Labute approximate surface area is 79.5 Å². The van der Waals surface area contributed by atoms with Crippen molar-refractivity contribution in [2.24, 2.45) is 5.73 Å². The second-order valence-electron chi connectivity index (χ2n) is 2.92. The third-order valence-electron chi connectivity index (χ3n) is 1.97. The second kappa shape index (κ2) is 4.00. The van der Waals surface area contributed by atoms with Crippen molar-refractivity contribution in [1.29, 1.82) is 0 Å². The molecule has 0 spiro atoms. The van der Waals surface area contributed by atoms with Gasteiger partial charge in [-0.25, -0.2) is 0 Å². The number of nitrogens with one attached hydrogen (secondary N) is 1. The van der Waals surface area contributed by atoms with Crippen LogP contribution in [0.1, 0.15) is 23.9 Å². The molecule has 0 radical (unpaired) electrons. The fourth-order valence-electron chi connectivity index (χ4n) is 1.34. The summed E-state index contributed by atoms with van der Waals surface area (Å²) in [6.07, 6.45) is -3.69. The quantitative estimate of drug-likeness (QED) is 0.789. The van der Waals surface area contributed by atoms with E-state index in [2.05, 4.69) is 10.2 Å². The molecular weight excluding hydrogens is 195 g/mol. The molecule has 1 aromatic heterocycles. The summed E-state index contributed by atoms with van der Waals surface area (Å²) in [6.45, 7) is 1.96. The van der Waals surface area contributed by atoms with Gasteiger partial charge in [-0.1, -0.05) is 6.92 Å². The number of hydrogen-bond donors (Lipinski definition) is 2. The molecule has 1 rings (SSSR count). The minimum Gasteiger partial charge on any atom is -0.330 e. The molecule has 0 saturated carbocycles. The SMILES string of the molecule is CCc1[nH]nc(C(F)(F)F)c1CCN. The molecule has 1 aromatic rings. The van der Waals surface area contributed by atoms with Gasteiger partial charge in [0.05, 0.1) is 0 Å². The smallest absolute Gasteiger partial charge is 0.330 e. The Bertz CT molecular complexity index is 303. The maximum Gasteiger partial charge on any atom is 0.435 e. The standard InChI is InChI=1S/C8H12F3N3/c1-2-6-5(3-4-12)7(14-13-6)8(9,10)11/h2-4,12H2,1H3,(H,13,14). The number of aromatic nitrogens is 2. The first kappa shape index (κ1) is 11.0.